The first-order valence-electron chi connectivity index (χ1n) is 2.26. The van der Waals surface area contributed by atoms with Crippen LogP contribution in [0.5, 0.6) is 0 Å². The summed E-state index contributed by atoms with van der Waals surface area (Å²) in [6.45, 7) is 0. The van der Waals surface area contributed by atoms with Crippen molar-refractivity contribution in [2.45, 2.75) is 10.5 Å². The number of hydrogen-bond donors (Lipinski definition) is 0. The van der Waals surface area contributed by atoms with E-state index in [0.717, 1.165) is 7.11 Å². The van der Waals surface area contributed by atoms with Crippen molar-refractivity contribution < 1.29 is 22.7 Å². The maximum absolute atomic E-state index is 11.7. The zero-order valence-corrected chi connectivity index (χ0v) is 6.72. The summed E-state index contributed by atoms with van der Waals surface area (Å²) < 4.78 is 35.4. The second-order valence-corrected chi connectivity index (χ2v) is 2.89. The van der Waals surface area contributed by atoms with E-state index in [1.54, 1.807) is 0 Å². The molecule has 0 heterocycles. The van der Waals surface area contributed by atoms with E-state index in [1.807, 2.05) is 0 Å². The first-order chi connectivity index (χ1) is 4.73. The molecule has 0 bridgehead atoms. The van der Waals surface area contributed by atoms with Crippen LogP contribution in [0.25, 0.3) is 0 Å². The molecule has 0 saturated carbocycles. The van der Waals surface area contributed by atoms with Crippen molar-refractivity contribution in [1.82, 2.24) is 0 Å². The minimum absolute atomic E-state index is 0.758. The van der Waals surface area contributed by atoms with E-state index in [1.165, 1.54) is 0 Å². The van der Waals surface area contributed by atoms with Crippen molar-refractivity contribution in [1.29, 1.82) is 0 Å². The Morgan fingerprint density at radius 3 is 1.82 bits per heavy atom. The number of alkyl halides is 5. The molecule has 11 heavy (non-hydrogen) atoms. The van der Waals surface area contributed by atoms with Gasteiger partial charge in [-0.3, -0.25) is 0 Å². The van der Waals surface area contributed by atoms with Gasteiger partial charge in [0.25, 0.3) is 0 Å². The van der Waals surface area contributed by atoms with Crippen LogP contribution in [-0.2, 0) is 9.53 Å². The second kappa shape index (κ2) is 3.06. The molecule has 0 aromatic carbocycles. The SMILES string of the molecule is COC(=O)C(Cl)(Cl)C(F)(F)F. The Balaban J connectivity index is 4.59. The summed E-state index contributed by atoms with van der Waals surface area (Å²) in [5.41, 5.74) is 0. The van der Waals surface area contributed by atoms with Gasteiger partial charge in [0.05, 0.1) is 7.11 Å². The molecule has 0 aliphatic heterocycles. The Labute approximate surface area is 70.2 Å². The van der Waals surface area contributed by atoms with Crippen molar-refractivity contribution in [3.63, 3.8) is 0 Å². The minimum Gasteiger partial charge on any atom is -0.467 e. The van der Waals surface area contributed by atoms with E-state index in [4.69, 9.17) is 0 Å². The number of esters is 1. The fraction of sp³-hybridized carbons (Fsp3) is 0.750. The van der Waals surface area contributed by atoms with E-state index in [-0.39, 0.29) is 0 Å². The lowest BCUT2D eigenvalue weighted by Gasteiger charge is -2.19. The van der Waals surface area contributed by atoms with Gasteiger partial charge in [-0.25, -0.2) is 4.79 Å². The Morgan fingerprint density at radius 1 is 1.36 bits per heavy atom. The highest BCUT2D eigenvalue weighted by molar-refractivity contribution is 6.58. The summed E-state index contributed by atoms with van der Waals surface area (Å²) in [5, 5.41) is 0. The highest BCUT2D eigenvalue weighted by Gasteiger charge is 2.59. The third-order valence-corrected chi connectivity index (χ3v) is 1.53. The highest BCUT2D eigenvalue weighted by Crippen LogP contribution is 2.40. The number of ether oxygens (including phenoxy) is 1. The van der Waals surface area contributed by atoms with Gasteiger partial charge in [-0.2, -0.15) is 13.2 Å². The summed E-state index contributed by atoms with van der Waals surface area (Å²) in [4.78, 5) is 10.3. The van der Waals surface area contributed by atoms with Gasteiger partial charge in [0.1, 0.15) is 0 Å². The van der Waals surface area contributed by atoms with Crippen LogP contribution < -0.4 is 0 Å². The topological polar surface area (TPSA) is 26.3 Å². The van der Waals surface area contributed by atoms with Gasteiger partial charge in [0, 0.05) is 0 Å². The number of carbonyl (C=O) groups is 1. The number of methoxy groups -OCH3 is 1. The molecule has 0 aliphatic carbocycles. The fourth-order valence-corrected chi connectivity index (χ4v) is 0.398. The first-order valence-corrected chi connectivity index (χ1v) is 3.02. The molecule has 0 aromatic rings. The first kappa shape index (κ1) is 10.8. The smallest absolute Gasteiger partial charge is 0.432 e. The average molecular weight is 211 g/mol. The van der Waals surface area contributed by atoms with Gasteiger partial charge in [-0.05, 0) is 0 Å². The summed E-state index contributed by atoms with van der Waals surface area (Å²) in [6, 6.07) is 0. The van der Waals surface area contributed by atoms with Crippen LogP contribution in [0.2, 0.25) is 0 Å². The molecule has 7 heteroatoms. The molecule has 0 radical (unpaired) electrons. The monoisotopic (exact) mass is 210 g/mol. The number of hydrogen-bond acceptors (Lipinski definition) is 2. The van der Waals surface area contributed by atoms with E-state index in [0.29, 0.717) is 0 Å². The molecule has 66 valence electrons. The molecular formula is C4H3Cl2F3O2. The lowest BCUT2D eigenvalue weighted by molar-refractivity contribution is -0.173. The van der Waals surface area contributed by atoms with Crippen LogP contribution in [0.1, 0.15) is 0 Å². The summed E-state index contributed by atoms with van der Waals surface area (Å²) >= 11 is 9.26. The Hall–Kier alpha value is -0.160. The maximum atomic E-state index is 11.7. The highest BCUT2D eigenvalue weighted by atomic mass is 35.5. The van der Waals surface area contributed by atoms with Gasteiger partial charge in [-0.15, -0.1) is 0 Å². The summed E-state index contributed by atoms with van der Waals surface area (Å²) in [6.07, 6.45) is -5.02. The maximum Gasteiger partial charge on any atom is 0.432 e. The zero-order chi connectivity index (χ0) is 9.28. The Bertz CT molecular complexity index is 165. The third-order valence-electron chi connectivity index (χ3n) is 0.798. The largest absolute Gasteiger partial charge is 0.467 e. The molecule has 0 rings (SSSR count). The molecule has 2 nitrogen and oxygen atoms in total. The van der Waals surface area contributed by atoms with Crippen molar-refractivity contribution in [3.05, 3.63) is 0 Å². The minimum atomic E-state index is -5.02. The number of rotatable bonds is 1. The van der Waals surface area contributed by atoms with Gasteiger partial charge in [0.2, 0.25) is 0 Å². The van der Waals surface area contributed by atoms with Crippen LogP contribution in [0.3, 0.4) is 0 Å². The van der Waals surface area contributed by atoms with Crippen molar-refractivity contribution in [2.24, 2.45) is 0 Å². The van der Waals surface area contributed by atoms with E-state index in [9.17, 15) is 18.0 Å². The summed E-state index contributed by atoms with van der Waals surface area (Å²) in [7, 11) is 0.758. The Morgan fingerprint density at radius 2 is 1.73 bits per heavy atom. The fourth-order valence-electron chi connectivity index (χ4n) is 0.244. The van der Waals surface area contributed by atoms with E-state index < -0.39 is 16.5 Å². The molecule has 0 fully saturated rings. The molecule has 0 atom stereocenters. The Kier molecular flexibility index (Phi) is 3.02. The number of halogens is 5. The lowest BCUT2D eigenvalue weighted by atomic mass is 10.4. The van der Waals surface area contributed by atoms with Crippen LogP contribution in [0.15, 0.2) is 0 Å². The molecule has 0 N–H and O–H groups in total. The predicted octanol–water partition coefficient (Wildman–Crippen LogP) is 1.90. The van der Waals surface area contributed by atoms with E-state index >= 15 is 0 Å². The van der Waals surface area contributed by atoms with Crippen LogP contribution in [-0.4, -0.2) is 23.6 Å². The normalized spacial score (nSPS) is 12.9. The predicted molar refractivity (Wildman–Crippen MR) is 32.5 cm³/mol. The second-order valence-electron chi connectivity index (χ2n) is 1.56. The van der Waals surface area contributed by atoms with Crippen molar-refractivity contribution in [2.75, 3.05) is 7.11 Å². The van der Waals surface area contributed by atoms with Crippen LogP contribution >= 0.6 is 23.2 Å². The van der Waals surface area contributed by atoms with Gasteiger partial charge < -0.3 is 4.74 Å². The molecule has 0 unspecified atom stereocenters. The van der Waals surface area contributed by atoms with Crippen molar-refractivity contribution in [3.8, 4) is 0 Å². The van der Waals surface area contributed by atoms with Crippen LogP contribution in [0.4, 0.5) is 13.2 Å². The van der Waals surface area contributed by atoms with E-state index in [2.05, 4.69) is 27.9 Å². The van der Waals surface area contributed by atoms with Gasteiger partial charge >= 0.3 is 16.5 Å². The van der Waals surface area contributed by atoms with Crippen LogP contribution in [0, 0.1) is 0 Å². The molecule has 0 saturated heterocycles. The molecule has 0 spiro atoms. The van der Waals surface area contributed by atoms with Gasteiger partial charge in [0.15, 0.2) is 0 Å². The number of carbonyl (C=O) groups excluding carboxylic acids is 1. The lowest BCUT2D eigenvalue weighted by Crippen LogP contribution is -2.42. The van der Waals surface area contributed by atoms with Gasteiger partial charge in [-0.1, -0.05) is 23.2 Å². The quantitative estimate of drug-likeness (QED) is 0.489. The average Bonchev–Trinajstić information content (AvgIpc) is 1.83. The zero-order valence-electron chi connectivity index (χ0n) is 5.21. The third kappa shape index (κ3) is 2.13. The molecule has 0 amide bonds. The van der Waals surface area contributed by atoms with Crippen molar-refractivity contribution >= 4 is 29.2 Å². The molecule has 0 aliphatic rings. The molecular weight excluding hydrogens is 208 g/mol. The molecule has 0 aromatic heterocycles. The standard InChI is InChI=1S/C4H3Cl2F3O2/c1-11-2(10)3(5,6)4(7,8)9/h1H3. The summed E-state index contributed by atoms with van der Waals surface area (Å²) in [5.74, 6) is -1.74.